The second-order valence-corrected chi connectivity index (χ2v) is 8.36. The van der Waals surface area contributed by atoms with Gasteiger partial charge in [0.25, 0.3) is 0 Å². The molecule has 3 radical (unpaired) electrons. The smallest absolute Gasteiger partial charge is 1.00 e. The molecule has 1 aliphatic heterocycles. The Labute approximate surface area is 257 Å². The van der Waals surface area contributed by atoms with Gasteiger partial charge in [0.15, 0.2) is 0 Å². The Morgan fingerprint density at radius 1 is 0.667 bits per heavy atom. The van der Waals surface area contributed by atoms with Crippen LogP contribution in [0.3, 0.4) is 0 Å². The molecule has 0 bridgehead atoms. The Bertz CT molecular complexity index is 1140. The molecule has 1 fully saturated rings. The standard InChI is InChI=1S/C14H14O2.C14H12O2.C4H8O.B.Na.H/c2*15-10-12-6-8-14(9-7-12)16-11-13-4-2-1-3-5-13;1-2-4-5-3-1;;;/h1-9,15H,10-11H2;1-10H,11H2;1-4H2;;;/q;;;;+1;-1. The predicted octanol–water partition coefficient (Wildman–Crippen LogP) is 3.37. The number of hydrogen-bond donors (Lipinski definition) is 1. The molecule has 0 amide bonds. The van der Waals surface area contributed by atoms with E-state index in [2.05, 4.69) is 0 Å². The van der Waals surface area contributed by atoms with Crippen molar-refractivity contribution in [1.82, 2.24) is 0 Å². The average Bonchev–Trinajstić information content (AvgIpc) is 3.58. The topological polar surface area (TPSA) is 65.0 Å². The third kappa shape index (κ3) is 14.2. The number of hydrogen-bond acceptors (Lipinski definition) is 5. The van der Waals surface area contributed by atoms with Gasteiger partial charge >= 0.3 is 29.6 Å². The maximum Gasteiger partial charge on any atom is 1.00 e. The van der Waals surface area contributed by atoms with Gasteiger partial charge in [-0.25, -0.2) is 0 Å². The van der Waals surface area contributed by atoms with Crippen LogP contribution in [0, 0.1) is 0 Å². The first-order chi connectivity index (χ1) is 18.3. The SMILES string of the molecule is C1CCOC1.O=Cc1ccc(OCc2ccccc2)cc1.OCc1ccc(OCc2ccccc2)cc1.[B].[H-].[Na+]. The van der Waals surface area contributed by atoms with E-state index in [1.54, 1.807) is 24.3 Å². The fraction of sp³-hybridized carbons (Fsp3) is 0.219. The van der Waals surface area contributed by atoms with Crippen LogP contribution < -0.4 is 39.0 Å². The molecule has 4 aromatic carbocycles. The van der Waals surface area contributed by atoms with Crippen molar-refractivity contribution in [2.24, 2.45) is 0 Å². The summed E-state index contributed by atoms with van der Waals surface area (Å²) in [7, 11) is 0. The van der Waals surface area contributed by atoms with Crippen molar-refractivity contribution in [1.29, 1.82) is 0 Å². The zero-order valence-electron chi connectivity index (χ0n) is 23.6. The number of rotatable bonds is 8. The molecule has 1 saturated heterocycles. The molecule has 0 saturated carbocycles. The average molecular weight is 533 g/mol. The minimum absolute atomic E-state index is 0. The molecule has 4 aromatic rings. The summed E-state index contributed by atoms with van der Waals surface area (Å²) < 4.78 is 16.1. The van der Waals surface area contributed by atoms with Crippen LogP contribution in [0.4, 0.5) is 0 Å². The van der Waals surface area contributed by atoms with E-state index in [-0.39, 0.29) is 46.0 Å². The van der Waals surface area contributed by atoms with Crippen molar-refractivity contribution in [3.05, 3.63) is 131 Å². The van der Waals surface area contributed by atoms with Gasteiger partial charge in [0, 0.05) is 27.2 Å². The van der Waals surface area contributed by atoms with Crippen LogP contribution in [-0.4, -0.2) is 33.0 Å². The van der Waals surface area contributed by atoms with E-state index < -0.39 is 0 Å². The van der Waals surface area contributed by atoms with Crippen LogP contribution in [-0.2, 0) is 24.6 Å². The van der Waals surface area contributed by atoms with Gasteiger partial charge in [0.05, 0.1) is 6.61 Å². The molecule has 5 rings (SSSR count). The van der Waals surface area contributed by atoms with Crippen LogP contribution in [0.2, 0.25) is 0 Å². The first kappa shape index (κ1) is 34.2. The van der Waals surface area contributed by atoms with Gasteiger partial charge in [-0.1, -0.05) is 72.8 Å². The fourth-order valence-electron chi connectivity index (χ4n) is 3.33. The molecule has 1 N–H and O–H groups in total. The number of carbonyl (C=O) groups is 1. The minimum Gasteiger partial charge on any atom is -1.00 e. The fourth-order valence-corrected chi connectivity index (χ4v) is 3.33. The van der Waals surface area contributed by atoms with E-state index >= 15 is 0 Å². The van der Waals surface area contributed by atoms with E-state index in [4.69, 9.17) is 19.3 Å². The summed E-state index contributed by atoms with van der Waals surface area (Å²) in [6.07, 6.45) is 3.38. The second kappa shape index (κ2) is 21.0. The third-order valence-electron chi connectivity index (χ3n) is 5.45. The van der Waals surface area contributed by atoms with Gasteiger partial charge in [-0.05, 0) is 65.9 Å². The molecule has 39 heavy (non-hydrogen) atoms. The largest absolute Gasteiger partial charge is 1.00 e. The number of carbonyl (C=O) groups excluding carboxylic acids is 1. The number of aliphatic hydroxyl groups is 1. The van der Waals surface area contributed by atoms with Gasteiger partial charge in [-0.2, -0.15) is 0 Å². The predicted molar refractivity (Wildman–Crippen MR) is 153 cm³/mol. The molecule has 0 atom stereocenters. The number of aldehydes is 1. The number of aliphatic hydroxyl groups excluding tert-OH is 1. The number of ether oxygens (including phenoxy) is 3. The van der Waals surface area contributed by atoms with Gasteiger partial charge < -0.3 is 20.7 Å². The summed E-state index contributed by atoms with van der Waals surface area (Å²) in [6.45, 7) is 3.18. The van der Waals surface area contributed by atoms with Crippen molar-refractivity contribution < 1.29 is 55.1 Å². The van der Waals surface area contributed by atoms with Crippen LogP contribution in [0.5, 0.6) is 11.5 Å². The minimum atomic E-state index is 0. The van der Waals surface area contributed by atoms with Crippen LogP contribution in [0.1, 0.15) is 41.3 Å². The molecule has 1 heterocycles. The quantitative estimate of drug-likeness (QED) is 0.278. The van der Waals surface area contributed by atoms with E-state index in [1.807, 2.05) is 84.9 Å². The molecule has 0 spiro atoms. The molecule has 0 aliphatic carbocycles. The monoisotopic (exact) mass is 533 g/mol. The first-order valence-electron chi connectivity index (χ1n) is 12.4. The summed E-state index contributed by atoms with van der Waals surface area (Å²) in [5.41, 5.74) is 3.83. The summed E-state index contributed by atoms with van der Waals surface area (Å²) >= 11 is 0. The molecule has 0 aromatic heterocycles. The zero-order chi connectivity index (χ0) is 26.0. The second-order valence-electron chi connectivity index (χ2n) is 8.36. The van der Waals surface area contributed by atoms with E-state index in [9.17, 15) is 4.79 Å². The molecular weight excluding hydrogens is 498 g/mol. The van der Waals surface area contributed by atoms with E-state index in [1.165, 1.54) is 12.8 Å². The van der Waals surface area contributed by atoms with Crippen molar-refractivity contribution in [3.8, 4) is 11.5 Å². The molecule has 5 nitrogen and oxygen atoms in total. The van der Waals surface area contributed by atoms with Gasteiger partial charge in [0.1, 0.15) is 31.0 Å². The summed E-state index contributed by atoms with van der Waals surface area (Å²) in [6, 6.07) is 34.5. The Morgan fingerprint density at radius 2 is 1.10 bits per heavy atom. The maximum absolute atomic E-state index is 10.5. The molecule has 7 heteroatoms. The van der Waals surface area contributed by atoms with Crippen LogP contribution in [0.25, 0.3) is 0 Å². The molecule has 197 valence electrons. The molecular formula is C32H35BNaO5. The first-order valence-corrected chi connectivity index (χ1v) is 12.4. The summed E-state index contributed by atoms with van der Waals surface area (Å²) in [5.74, 6) is 1.59. The Hall–Kier alpha value is -2.87. The van der Waals surface area contributed by atoms with E-state index in [0.29, 0.717) is 18.8 Å². The Balaban J connectivity index is 0.000000608. The maximum atomic E-state index is 10.5. The summed E-state index contributed by atoms with van der Waals surface area (Å²) in [4.78, 5) is 10.5. The van der Waals surface area contributed by atoms with Crippen molar-refractivity contribution in [2.75, 3.05) is 13.2 Å². The Morgan fingerprint density at radius 3 is 1.46 bits per heavy atom. The van der Waals surface area contributed by atoms with Crippen LogP contribution >= 0.6 is 0 Å². The molecule has 1 aliphatic rings. The zero-order valence-corrected chi connectivity index (χ0v) is 24.6. The third-order valence-corrected chi connectivity index (χ3v) is 5.45. The van der Waals surface area contributed by atoms with Crippen LogP contribution in [0.15, 0.2) is 109 Å². The van der Waals surface area contributed by atoms with Gasteiger partial charge in [-0.3, -0.25) is 4.79 Å². The van der Waals surface area contributed by atoms with E-state index in [0.717, 1.165) is 47.7 Å². The number of benzene rings is 4. The van der Waals surface area contributed by atoms with Crippen molar-refractivity contribution in [3.63, 3.8) is 0 Å². The van der Waals surface area contributed by atoms with Crippen molar-refractivity contribution in [2.45, 2.75) is 32.7 Å². The van der Waals surface area contributed by atoms with Crippen molar-refractivity contribution >= 4 is 14.7 Å². The van der Waals surface area contributed by atoms with Gasteiger partial charge in [0.2, 0.25) is 0 Å². The van der Waals surface area contributed by atoms with Gasteiger partial charge in [-0.15, -0.1) is 0 Å². The molecule has 0 unspecified atom stereocenters. The summed E-state index contributed by atoms with van der Waals surface area (Å²) in [5, 5.41) is 8.90. The normalized spacial score (nSPS) is 11.2. The Kier molecular flexibility index (Phi) is 18.4.